The number of carbonyl (C=O) groups excluding carboxylic acids is 1. The van der Waals surface area contributed by atoms with Gasteiger partial charge in [0.15, 0.2) is 0 Å². The lowest BCUT2D eigenvalue weighted by Crippen LogP contribution is -2.45. The van der Waals surface area contributed by atoms with Gasteiger partial charge < -0.3 is 10.6 Å². The number of carbonyl (C=O) groups is 1. The second-order valence-corrected chi connectivity index (χ2v) is 4.27. The molecule has 1 aromatic carbocycles. The van der Waals surface area contributed by atoms with Crippen molar-refractivity contribution >= 4 is 5.91 Å². The Labute approximate surface area is 102 Å². The second-order valence-electron chi connectivity index (χ2n) is 4.27. The molecule has 0 saturated carbocycles. The van der Waals surface area contributed by atoms with Crippen LogP contribution in [0.1, 0.15) is 18.4 Å². The molecular formula is C14H16N2O. The first kappa shape index (κ1) is 11.7. The number of benzene rings is 1. The zero-order valence-electron chi connectivity index (χ0n) is 9.73. The number of piperidine rings is 1. The standard InChI is InChI=1S/C14H16N2O/c15-13-7-4-10-16(11-13)14(17)9-8-12-5-2-1-3-6-12/h1-3,5-6,13H,4,7,10-11,15H2/t13-/m1/s1. The zero-order valence-corrected chi connectivity index (χ0v) is 9.73. The third-order valence-corrected chi connectivity index (χ3v) is 2.83. The van der Waals surface area contributed by atoms with Gasteiger partial charge in [-0.25, -0.2) is 0 Å². The third kappa shape index (κ3) is 3.33. The Bertz CT molecular complexity index is 444. The molecule has 0 spiro atoms. The van der Waals surface area contributed by atoms with Crippen molar-refractivity contribution in [1.82, 2.24) is 4.90 Å². The lowest BCUT2D eigenvalue weighted by molar-refractivity contribution is -0.126. The molecule has 1 saturated heterocycles. The first-order chi connectivity index (χ1) is 8.25. The Kier molecular flexibility index (Phi) is 3.79. The van der Waals surface area contributed by atoms with Crippen molar-refractivity contribution < 1.29 is 4.79 Å². The van der Waals surface area contributed by atoms with E-state index in [1.807, 2.05) is 30.3 Å². The molecule has 0 unspecified atom stereocenters. The zero-order chi connectivity index (χ0) is 12.1. The van der Waals surface area contributed by atoms with Gasteiger partial charge in [-0.3, -0.25) is 4.79 Å². The quantitative estimate of drug-likeness (QED) is 0.673. The summed E-state index contributed by atoms with van der Waals surface area (Å²) in [5.41, 5.74) is 6.69. The summed E-state index contributed by atoms with van der Waals surface area (Å²) in [6, 6.07) is 9.63. The molecule has 2 rings (SSSR count). The topological polar surface area (TPSA) is 46.3 Å². The van der Waals surface area contributed by atoms with E-state index >= 15 is 0 Å². The van der Waals surface area contributed by atoms with Crippen molar-refractivity contribution in [2.75, 3.05) is 13.1 Å². The van der Waals surface area contributed by atoms with Gasteiger partial charge in [0.05, 0.1) is 0 Å². The first-order valence-corrected chi connectivity index (χ1v) is 5.87. The van der Waals surface area contributed by atoms with Gasteiger partial charge >= 0.3 is 0 Å². The molecule has 1 amide bonds. The fraction of sp³-hybridized carbons (Fsp3) is 0.357. The molecule has 1 atom stereocenters. The normalized spacial score (nSPS) is 19.4. The summed E-state index contributed by atoms with van der Waals surface area (Å²) in [4.78, 5) is 13.6. The second kappa shape index (κ2) is 5.51. The van der Waals surface area contributed by atoms with Crippen LogP contribution in [-0.4, -0.2) is 29.9 Å². The lowest BCUT2D eigenvalue weighted by Gasteiger charge is -2.29. The monoisotopic (exact) mass is 228 g/mol. The SMILES string of the molecule is N[C@@H]1CCCN(C(=O)C#Cc2ccccc2)C1. The van der Waals surface area contributed by atoms with Crippen LogP contribution in [0.4, 0.5) is 0 Å². The van der Waals surface area contributed by atoms with E-state index < -0.39 is 0 Å². The molecule has 88 valence electrons. The van der Waals surface area contributed by atoms with Gasteiger partial charge in [-0.15, -0.1) is 0 Å². The Morgan fingerprint density at radius 1 is 1.35 bits per heavy atom. The fourth-order valence-electron chi connectivity index (χ4n) is 1.92. The average Bonchev–Trinajstić information content (AvgIpc) is 2.37. The smallest absolute Gasteiger partial charge is 0.298 e. The van der Waals surface area contributed by atoms with Crippen LogP contribution >= 0.6 is 0 Å². The maximum Gasteiger partial charge on any atom is 0.298 e. The molecule has 3 heteroatoms. The minimum Gasteiger partial charge on any atom is -0.330 e. The largest absolute Gasteiger partial charge is 0.330 e. The van der Waals surface area contributed by atoms with Gasteiger partial charge in [0.25, 0.3) is 5.91 Å². The summed E-state index contributed by atoms with van der Waals surface area (Å²) in [6.45, 7) is 1.40. The Hall–Kier alpha value is -1.79. The maximum atomic E-state index is 11.8. The third-order valence-electron chi connectivity index (χ3n) is 2.83. The molecule has 1 fully saturated rings. The van der Waals surface area contributed by atoms with Crippen LogP contribution in [0.25, 0.3) is 0 Å². The molecular weight excluding hydrogens is 212 g/mol. The summed E-state index contributed by atoms with van der Waals surface area (Å²) >= 11 is 0. The van der Waals surface area contributed by atoms with Crippen LogP contribution in [0.15, 0.2) is 30.3 Å². The summed E-state index contributed by atoms with van der Waals surface area (Å²) < 4.78 is 0. The summed E-state index contributed by atoms with van der Waals surface area (Å²) in [5, 5.41) is 0. The van der Waals surface area contributed by atoms with E-state index in [1.54, 1.807) is 4.90 Å². The van der Waals surface area contributed by atoms with E-state index in [0.29, 0.717) is 6.54 Å². The predicted molar refractivity (Wildman–Crippen MR) is 67.1 cm³/mol. The number of nitrogens with two attached hydrogens (primary N) is 1. The predicted octanol–water partition coefficient (Wildman–Crippen LogP) is 0.988. The first-order valence-electron chi connectivity index (χ1n) is 5.87. The minimum absolute atomic E-state index is 0.103. The molecule has 0 radical (unpaired) electrons. The van der Waals surface area contributed by atoms with E-state index in [-0.39, 0.29) is 11.9 Å². The number of rotatable bonds is 0. The molecule has 0 aliphatic carbocycles. The van der Waals surface area contributed by atoms with Gasteiger partial charge in [0, 0.05) is 30.6 Å². The molecule has 0 aromatic heterocycles. The van der Waals surface area contributed by atoms with E-state index in [0.717, 1.165) is 24.9 Å². The van der Waals surface area contributed by atoms with Crippen molar-refractivity contribution in [3.8, 4) is 11.8 Å². The van der Waals surface area contributed by atoms with Crippen molar-refractivity contribution in [2.45, 2.75) is 18.9 Å². The molecule has 1 aliphatic rings. The van der Waals surface area contributed by atoms with Gasteiger partial charge in [-0.05, 0) is 25.0 Å². The summed E-state index contributed by atoms with van der Waals surface area (Å²) in [7, 11) is 0. The van der Waals surface area contributed by atoms with Crippen molar-refractivity contribution in [3.05, 3.63) is 35.9 Å². The van der Waals surface area contributed by atoms with Gasteiger partial charge in [-0.1, -0.05) is 24.1 Å². The highest BCUT2D eigenvalue weighted by atomic mass is 16.2. The molecule has 2 N–H and O–H groups in total. The fourth-order valence-corrected chi connectivity index (χ4v) is 1.92. The van der Waals surface area contributed by atoms with Crippen molar-refractivity contribution in [3.63, 3.8) is 0 Å². The number of hydrogen-bond acceptors (Lipinski definition) is 2. The molecule has 1 aromatic rings. The molecule has 0 bridgehead atoms. The van der Waals surface area contributed by atoms with Crippen LogP contribution < -0.4 is 5.73 Å². The van der Waals surface area contributed by atoms with E-state index in [9.17, 15) is 4.79 Å². The van der Waals surface area contributed by atoms with Crippen molar-refractivity contribution in [2.24, 2.45) is 5.73 Å². The summed E-state index contributed by atoms with van der Waals surface area (Å²) in [6.07, 6.45) is 1.97. The van der Waals surface area contributed by atoms with Gasteiger partial charge in [0.1, 0.15) is 0 Å². The van der Waals surface area contributed by atoms with E-state index in [4.69, 9.17) is 5.73 Å². The average molecular weight is 228 g/mol. The highest BCUT2D eigenvalue weighted by molar-refractivity contribution is 5.94. The number of amides is 1. The van der Waals surface area contributed by atoms with Gasteiger partial charge in [-0.2, -0.15) is 0 Å². The molecule has 17 heavy (non-hydrogen) atoms. The maximum absolute atomic E-state index is 11.8. The van der Waals surface area contributed by atoms with E-state index in [1.165, 1.54) is 0 Å². The Morgan fingerprint density at radius 2 is 2.12 bits per heavy atom. The molecule has 1 aliphatic heterocycles. The van der Waals surface area contributed by atoms with Crippen molar-refractivity contribution in [1.29, 1.82) is 0 Å². The van der Waals surface area contributed by atoms with Crippen LogP contribution in [-0.2, 0) is 4.79 Å². The Morgan fingerprint density at radius 3 is 2.82 bits per heavy atom. The van der Waals surface area contributed by atoms with Crippen LogP contribution in [0.5, 0.6) is 0 Å². The van der Waals surface area contributed by atoms with Crippen LogP contribution in [0.3, 0.4) is 0 Å². The molecule has 3 nitrogen and oxygen atoms in total. The Balaban J connectivity index is 2.00. The number of nitrogens with zero attached hydrogens (tertiary/aromatic N) is 1. The summed E-state index contributed by atoms with van der Waals surface area (Å²) in [5.74, 6) is 5.42. The lowest BCUT2D eigenvalue weighted by atomic mass is 10.1. The van der Waals surface area contributed by atoms with E-state index in [2.05, 4.69) is 11.8 Å². The number of hydrogen-bond donors (Lipinski definition) is 1. The van der Waals surface area contributed by atoms with Crippen LogP contribution in [0, 0.1) is 11.8 Å². The van der Waals surface area contributed by atoms with Gasteiger partial charge in [0.2, 0.25) is 0 Å². The highest BCUT2D eigenvalue weighted by Crippen LogP contribution is 2.07. The highest BCUT2D eigenvalue weighted by Gasteiger charge is 2.19. The molecule has 1 heterocycles. The number of likely N-dealkylation sites (tertiary alicyclic amines) is 1. The minimum atomic E-state index is -0.121. The van der Waals surface area contributed by atoms with Crippen LogP contribution in [0.2, 0.25) is 0 Å².